The molecule has 0 unspecified atom stereocenters. The first-order valence-corrected chi connectivity index (χ1v) is 17.2. The van der Waals surface area contributed by atoms with Gasteiger partial charge in [-0.15, -0.1) is 0 Å². The fraction of sp³-hybridized carbons (Fsp3) is 0.0638. The molecule has 240 valence electrons. The van der Waals surface area contributed by atoms with Gasteiger partial charge in [-0.3, -0.25) is 0 Å². The van der Waals surface area contributed by atoms with Crippen LogP contribution in [0.5, 0.6) is 0 Å². The molecule has 4 nitrogen and oxygen atoms in total. The standard InChI is InChI=1S/C47H32N4/c1-47(2)42-25-30(29-48)13-23-40(42)41-24-22-39(28-43(41)47)38-21-20-36-26-35(18-19-37(36)27-38)31-14-16-34(17-15-31)46-50-44(32-9-5-3-6-10-32)49-45(51-46)33-11-7-4-8-12-33/h3-28H,1-2H3. The summed E-state index contributed by atoms with van der Waals surface area (Å²) in [6, 6.07) is 57.1. The first-order chi connectivity index (χ1) is 24.9. The number of fused-ring (bicyclic) bond motifs is 4. The van der Waals surface area contributed by atoms with Crippen molar-refractivity contribution in [2.45, 2.75) is 19.3 Å². The van der Waals surface area contributed by atoms with Crippen LogP contribution in [0.3, 0.4) is 0 Å². The Bertz CT molecular complexity index is 2600. The van der Waals surface area contributed by atoms with Gasteiger partial charge < -0.3 is 0 Å². The molecule has 9 rings (SSSR count). The lowest BCUT2D eigenvalue weighted by Gasteiger charge is -2.22. The third-order valence-electron chi connectivity index (χ3n) is 10.2. The van der Waals surface area contributed by atoms with E-state index in [1.165, 1.54) is 44.2 Å². The molecular formula is C47H32N4. The van der Waals surface area contributed by atoms with E-state index in [0.29, 0.717) is 23.0 Å². The van der Waals surface area contributed by atoms with Crippen LogP contribution in [0.1, 0.15) is 30.5 Å². The molecule has 0 saturated heterocycles. The Morgan fingerprint density at radius 1 is 0.412 bits per heavy atom. The molecule has 1 heterocycles. The maximum Gasteiger partial charge on any atom is 0.164 e. The Labute approximate surface area is 297 Å². The summed E-state index contributed by atoms with van der Waals surface area (Å²) in [4.78, 5) is 14.6. The van der Waals surface area contributed by atoms with E-state index in [-0.39, 0.29) is 5.41 Å². The second-order valence-electron chi connectivity index (χ2n) is 13.6. The molecule has 0 atom stereocenters. The van der Waals surface area contributed by atoms with E-state index >= 15 is 0 Å². The Morgan fingerprint density at radius 3 is 1.37 bits per heavy atom. The molecule has 8 aromatic rings. The number of nitrogens with zero attached hydrogens (tertiary/aromatic N) is 4. The topological polar surface area (TPSA) is 62.5 Å². The Hall–Kier alpha value is -6.70. The smallest absolute Gasteiger partial charge is 0.164 e. The highest BCUT2D eigenvalue weighted by Gasteiger charge is 2.35. The minimum absolute atomic E-state index is 0.174. The summed E-state index contributed by atoms with van der Waals surface area (Å²) in [6.45, 7) is 4.51. The molecule has 1 aliphatic rings. The second-order valence-corrected chi connectivity index (χ2v) is 13.6. The van der Waals surface area contributed by atoms with Gasteiger partial charge in [-0.05, 0) is 85.6 Å². The number of hydrogen-bond donors (Lipinski definition) is 0. The summed E-state index contributed by atoms with van der Waals surface area (Å²) in [5, 5.41) is 11.9. The molecule has 0 radical (unpaired) electrons. The van der Waals surface area contributed by atoms with Crippen molar-refractivity contribution in [1.29, 1.82) is 5.26 Å². The van der Waals surface area contributed by atoms with Crippen molar-refractivity contribution in [1.82, 2.24) is 15.0 Å². The summed E-state index contributed by atoms with van der Waals surface area (Å²) in [5.41, 5.74) is 13.0. The number of aromatic nitrogens is 3. The number of hydrogen-bond acceptors (Lipinski definition) is 4. The first-order valence-electron chi connectivity index (χ1n) is 17.2. The van der Waals surface area contributed by atoms with E-state index in [4.69, 9.17) is 15.0 Å². The van der Waals surface area contributed by atoms with E-state index in [0.717, 1.165) is 27.8 Å². The minimum Gasteiger partial charge on any atom is -0.208 e. The molecule has 1 aromatic heterocycles. The van der Waals surface area contributed by atoms with Crippen LogP contribution >= 0.6 is 0 Å². The van der Waals surface area contributed by atoms with Gasteiger partial charge in [0.1, 0.15) is 0 Å². The van der Waals surface area contributed by atoms with Crippen LogP contribution in [-0.4, -0.2) is 15.0 Å². The van der Waals surface area contributed by atoms with Gasteiger partial charge >= 0.3 is 0 Å². The molecule has 0 N–H and O–H groups in total. The van der Waals surface area contributed by atoms with E-state index < -0.39 is 0 Å². The number of nitriles is 1. The van der Waals surface area contributed by atoms with Gasteiger partial charge in [0.25, 0.3) is 0 Å². The van der Waals surface area contributed by atoms with Crippen molar-refractivity contribution in [2.75, 3.05) is 0 Å². The van der Waals surface area contributed by atoms with Gasteiger partial charge in [0.2, 0.25) is 0 Å². The molecule has 7 aromatic carbocycles. The molecule has 0 aliphatic heterocycles. The van der Waals surface area contributed by atoms with Crippen molar-refractivity contribution < 1.29 is 0 Å². The highest BCUT2D eigenvalue weighted by Crippen LogP contribution is 2.50. The zero-order valence-electron chi connectivity index (χ0n) is 28.3. The maximum absolute atomic E-state index is 9.50. The highest BCUT2D eigenvalue weighted by atomic mass is 15.0. The van der Waals surface area contributed by atoms with Gasteiger partial charge in [0, 0.05) is 22.1 Å². The third-order valence-corrected chi connectivity index (χ3v) is 10.2. The third kappa shape index (κ3) is 5.37. The van der Waals surface area contributed by atoms with Crippen LogP contribution in [0.4, 0.5) is 0 Å². The van der Waals surface area contributed by atoms with Crippen LogP contribution in [0, 0.1) is 11.3 Å². The molecule has 1 aliphatic carbocycles. The minimum atomic E-state index is -0.174. The van der Waals surface area contributed by atoms with E-state index in [9.17, 15) is 5.26 Å². The van der Waals surface area contributed by atoms with Crippen LogP contribution in [0.15, 0.2) is 158 Å². The molecule has 4 heteroatoms. The molecule has 0 saturated carbocycles. The second kappa shape index (κ2) is 12.0. The van der Waals surface area contributed by atoms with Gasteiger partial charge in [0.15, 0.2) is 17.5 Å². The molecular weight excluding hydrogens is 621 g/mol. The Kier molecular flexibility index (Phi) is 7.15. The fourth-order valence-corrected chi connectivity index (χ4v) is 7.34. The average Bonchev–Trinajstić information content (AvgIpc) is 3.42. The lowest BCUT2D eigenvalue weighted by atomic mass is 9.81. The van der Waals surface area contributed by atoms with Crippen molar-refractivity contribution >= 4 is 10.8 Å². The largest absolute Gasteiger partial charge is 0.208 e. The van der Waals surface area contributed by atoms with Crippen LogP contribution in [-0.2, 0) is 5.41 Å². The predicted octanol–water partition coefficient (Wildman–Crippen LogP) is 11.5. The molecule has 0 amide bonds. The molecule has 0 fully saturated rings. The quantitative estimate of drug-likeness (QED) is 0.186. The average molecular weight is 653 g/mol. The summed E-state index contributed by atoms with van der Waals surface area (Å²) >= 11 is 0. The lowest BCUT2D eigenvalue weighted by Crippen LogP contribution is -2.15. The van der Waals surface area contributed by atoms with Crippen molar-refractivity contribution in [3.8, 4) is 73.6 Å². The fourth-order valence-electron chi connectivity index (χ4n) is 7.34. The zero-order chi connectivity index (χ0) is 34.5. The van der Waals surface area contributed by atoms with Crippen LogP contribution in [0.2, 0.25) is 0 Å². The van der Waals surface area contributed by atoms with Crippen molar-refractivity contribution in [3.63, 3.8) is 0 Å². The van der Waals surface area contributed by atoms with Crippen molar-refractivity contribution in [2.24, 2.45) is 0 Å². The number of rotatable bonds is 5. The summed E-state index contributed by atoms with van der Waals surface area (Å²) in [6.07, 6.45) is 0. The number of benzene rings is 7. The predicted molar refractivity (Wildman–Crippen MR) is 207 cm³/mol. The van der Waals surface area contributed by atoms with Crippen LogP contribution < -0.4 is 0 Å². The Morgan fingerprint density at radius 2 is 0.824 bits per heavy atom. The van der Waals surface area contributed by atoms with Crippen molar-refractivity contribution in [3.05, 3.63) is 174 Å². The maximum atomic E-state index is 9.50. The van der Waals surface area contributed by atoms with Gasteiger partial charge in [-0.1, -0.05) is 141 Å². The summed E-state index contributed by atoms with van der Waals surface area (Å²) < 4.78 is 0. The normalized spacial score (nSPS) is 12.6. The lowest BCUT2D eigenvalue weighted by molar-refractivity contribution is 0.660. The van der Waals surface area contributed by atoms with Gasteiger partial charge in [0.05, 0.1) is 11.6 Å². The SMILES string of the molecule is CC1(C)c2cc(C#N)ccc2-c2ccc(-c3ccc4cc(-c5ccc(-c6nc(-c7ccccc7)nc(-c7ccccc7)n6)cc5)ccc4c3)cc21. The summed E-state index contributed by atoms with van der Waals surface area (Å²) in [5.74, 6) is 1.95. The highest BCUT2D eigenvalue weighted by molar-refractivity contribution is 5.92. The zero-order valence-corrected chi connectivity index (χ0v) is 28.3. The van der Waals surface area contributed by atoms with E-state index in [1.54, 1.807) is 0 Å². The molecule has 51 heavy (non-hydrogen) atoms. The molecule has 0 bridgehead atoms. The van der Waals surface area contributed by atoms with Gasteiger partial charge in [-0.2, -0.15) is 5.26 Å². The monoisotopic (exact) mass is 652 g/mol. The summed E-state index contributed by atoms with van der Waals surface area (Å²) in [7, 11) is 0. The molecule has 0 spiro atoms. The van der Waals surface area contributed by atoms with Crippen LogP contribution in [0.25, 0.3) is 78.3 Å². The first kappa shape index (κ1) is 30.4. The van der Waals surface area contributed by atoms with E-state index in [2.05, 4.69) is 105 Å². The van der Waals surface area contributed by atoms with Gasteiger partial charge in [-0.25, -0.2) is 15.0 Å². The van der Waals surface area contributed by atoms with E-state index in [1.807, 2.05) is 72.8 Å². The Balaban J connectivity index is 1.01.